The van der Waals surface area contributed by atoms with Gasteiger partial charge in [0.05, 0.1) is 5.75 Å². The molecule has 2 rings (SSSR count). The Morgan fingerprint density at radius 2 is 1.70 bits per heavy atom. The first-order valence-electron chi connectivity index (χ1n) is 7.22. The van der Waals surface area contributed by atoms with Crippen molar-refractivity contribution in [2.75, 3.05) is 44.7 Å². The zero-order chi connectivity index (χ0) is 14.4. The van der Waals surface area contributed by atoms with Crippen LogP contribution in [0.3, 0.4) is 0 Å². The van der Waals surface area contributed by atoms with E-state index in [1.165, 1.54) is 17.4 Å². The van der Waals surface area contributed by atoms with Crippen molar-refractivity contribution < 1.29 is 8.42 Å². The second-order valence-electron chi connectivity index (χ2n) is 5.49. The van der Waals surface area contributed by atoms with Crippen molar-refractivity contribution in [2.45, 2.75) is 12.8 Å². The largest absolute Gasteiger partial charge is 0.314 e. The molecule has 1 aliphatic rings. The molecule has 5 heteroatoms. The van der Waals surface area contributed by atoms with E-state index in [1.54, 1.807) is 0 Å². The van der Waals surface area contributed by atoms with Gasteiger partial charge in [0.25, 0.3) is 0 Å². The van der Waals surface area contributed by atoms with Crippen LogP contribution in [-0.4, -0.2) is 58.1 Å². The van der Waals surface area contributed by atoms with E-state index in [0.717, 1.165) is 39.0 Å². The number of rotatable bonds is 6. The van der Waals surface area contributed by atoms with E-state index in [1.807, 2.05) is 0 Å². The molecule has 1 aromatic carbocycles. The third kappa shape index (κ3) is 5.23. The van der Waals surface area contributed by atoms with Crippen molar-refractivity contribution in [1.29, 1.82) is 0 Å². The second-order valence-corrected chi connectivity index (χ2v) is 7.75. The van der Waals surface area contributed by atoms with E-state index in [4.69, 9.17) is 0 Å². The van der Waals surface area contributed by atoms with Gasteiger partial charge in [0.1, 0.15) is 9.84 Å². The van der Waals surface area contributed by atoms with Crippen LogP contribution in [0, 0.1) is 0 Å². The van der Waals surface area contributed by atoms with Crippen molar-refractivity contribution in [1.82, 2.24) is 10.2 Å². The van der Waals surface area contributed by atoms with Gasteiger partial charge < -0.3 is 10.2 Å². The maximum absolute atomic E-state index is 11.0. The van der Waals surface area contributed by atoms with Crippen molar-refractivity contribution >= 4 is 9.84 Å². The van der Waals surface area contributed by atoms with Gasteiger partial charge in [-0.15, -0.1) is 0 Å². The van der Waals surface area contributed by atoms with Crippen LogP contribution in [0.5, 0.6) is 0 Å². The summed E-state index contributed by atoms with van der Waals surface area (Å²) in [5.41, 5.74) is 2.94. The molecule has 0 bridgehead atoms. The molecular formula is C15H24N2O2S. The van der Waals surface area contributed by atoms with Crippen LogP contribution >= 0.6 is 0 Å². The highest BCUT2D eigenvalue weighted by atomic mass is 32.2. The molecule has 0 amide bonds. The Morgan fingerprint density at radius 1 is 1.10 bits per heavy atom. The topological polar surface area (TPSA) is 49.4 Å². The van der Waals surface area contributed by atoms with Gasteiger partial charge in [-0.1, -0.05) is 24.3 Å². The van der Waals surface area contributed by atoms with Gasteiger partial charge >= 0.3 is 0 Å². The third-order valence-electron chi connectivity index (χ3n) is 3.77. The molecule has 0 unspecified atom stereocenters. The molecular weight excluding hydrogens is 272 g/mol. The summed E-state index contributed by atoms with van der Waals surface area (Å²) in [4.78, 5) is 2.45. The number of benzene rings is 1. The van der Waals surface area contributed by atoms with Crippen LogP contribution in [0.4, 0.5) is 0 Å². The van der Waals surface area contributed by atoms with Crippen LogP contribution < -0.4 is 5.32 Å². The van der Waals surface area contributed by atoms with E-state index < -0.39 is 9.84 Å². The summed E-state index contributed by atoms with van der Waals surface area (Å²) < 4.78 is 22.0. The van der Waals surface area contributed by atoms with Gasteiger partial charge in [-0.3, -0.25) is 0 Å². The van der Waals surface area contributed by atoms with Gasteiger partial charge in [0.15, 0.2) is 0 Å². The van der Waals surface area contributed by atoms with E-state index in [9.17, 15) is 8.42 Å². The fourth-order valence-corrected chi connectivity index (χ4v) is 3.07. The number of nitrogens with one attached hydrogen (secondary N) is 1. The average Bonchev–Trinajstić information content (AvgIpc) is 2.60. The van der Waals surface area contributed by atoms with Crippen LogP contribution in [0.1, 0.15) is 11.1 Å². The lowest BCUT2D eigenvalue weighted by Gasteiger charge is -2.19. The molecule has 0 aromatic heterocycles. The van der Waals surface area contributed by atoms with Crippen molar-refractivity contribution in [3.63, 3.8) is 0 Å². The summed E-state index contributed by atoms with van der Waals surface area (Å²) in [6, 6.07) is 8.68. The fourth-order valence-electron chi connectivity index (χ4n) is 2.56. The van der Waals surface area contributed by atoms with Crippen LogP contribution in [0.2, 0.25) is 0 Å². The summed E-state index contributed by atoms with van der Waals surface area (Å²) in [6.07, 6.45) is 3.50. The van der Waals surface area contributed by atoms with Gasteiger partial charge in [-0.05, 0) is 24.0 Å². The predicted octanol–water partition coefficient (Wildman–Crippen LogP) is 0.721. The molecule has 112 valence electrons. The minimum atomic E-state index is -2.85. The Morgan fingerprint density at radius 3 is 2.25 bits per heavy atom. The molecule has 1 aromatic rings. The first-order valence-corrected chi connectivity index (χ1v) is 9.28. The number of sulfone groups is 1. The lowest BCUT2D eigenvalue weighted by atomic mass is 10.0. The molecule has 0 atom stereocenters. The van der Waals surface area contributed by atoms with Crippen molar-refractivity contribution in [3.05, 3.63) is 35.4 Å². The predicted molar refractivity (Wildman–Crippen MR) is 82.9 cm³/mol. The van der Waals surface area contributed by atoms with Crippen molar-refractivity contribution in [2.24, 2.45) is 0 Å². The molecule has 0 radical (unpaired) electrons. The number of nitrogens with zero attached hydrogens (tertiary/aromatic N) is 1. The molecule has 1 aliphatic heterocycles. The first kappa shape index (κ1) is 15.5. The Hall–Kier alpha value is -0.910. The lowest BCUT2D eigenvalue weighted by Crippen LogP contribution is -2.35. The molecule has 20 heavy (non-hydrogen) atoms. The minimum Gasteiger partial charge on any atom is -0.314 e. The molecule has 1 heterocycles. The Balaban J connectivity index is 1.69. The van der Waals surface area contributed by atoms with E-state index >= 15 is 0 Å². The smallest absolute Gasteiger partial charge is 0.148 e. The number of hydrogen-bond acceptors (Lipinski definition) is 4. The summed E-state index contributed by atoms with van der Waals surface area (Å²) in [5, 5.41) is 3.21. The standard InChI is InChI=1S/C15H24N2O2S/c1-20(18,19)13-9-16-8-12-17-10-6-14-4-2-3-5-15(14)7-11-17/h2-5,16H,6-13H2,1H3. The quantitative estimate of drug-likeness (QED) is 0.786. The number of fused-ring (bicyclic) bond motifs is 1. The maximum atomic E-state index is 11.0. The highest BCUT2D eigenvalue weighted by molar-refractivity contribution is 7.90. The zero-order valence-electron chi connectivity index (χ0n) is 12.1. The van der Waals surface area contributed by atoms with Crippen LogP contribution in [-0.2, 0) is 22.7 Å². The van der Waals surface area contributed by atoms with Crippen LogP contribution in [0.15, 0.2) is 24.3 Å². The molecule has 0 aliphatic carbocycles. The SMILES string of the molecule is CS(=O)(=O)CCNCCN1CCc2ccccc2CC1. The molecule has 0 spiro atoms. The Bertz CT molecular complexity index is 501. The lowest BCUT2D eigenvalue weighted by molar-refractivity contribution is 0.287. The van der Waals surface area contributed by atoms with Gasteiger partial charge in [-0.2, -0.15) is 0 Å². The number of hydrogen-bond donors (Lipinski definition) is 1. The molecule has 1 N–H and O–H groups in total. The summed E-state index contributed by atoms with van der Waals surface area (Å²) in [6.45, 7) is 4.56. The molecule has 0 saturated heterocycles. The van der Waals surface area contributed by atoms with Crippen LogP contribution in [0.25, 0.3) is 0 Å². The van der Waals surface area contributed by atoms with Gasteiger partial charge in [0, 0.05) is 39.0 Å². The van der Waals surface area contributed by atoms with Gasteiger partial charge in [0.2, 0.25) is 0 Å². The fraction of sp³-hybridized carbons (Fsp3) is 0.600. The third-order valence-corrected chi connectivity index (χ3v) is 4.71. The molecule has 4 nitrogen and oxygen atoms in total. The highest BCUT2D eigenvalue weighted by Crippen LogP contribution is 2.14. The molecule has 0 fully saturated rings. The summed E-state index contributed by atoms with van der Waals surface area (Å²) in [5.74, 6) is 0.221. The Kier molecular flexibility index (Phi) is 5.57. The maximum Gasteiger partial charge on any atom is 0.148 e. The van der Waals surface area contributed by atoms with E-state index in [0.29, 0.717) is 6.54 Å². The average molecular weight is 296 g/mol. The Labute approximate surface area is 122 Å². The normalized spacial score (nSPS) is 16.6. The first-order chi connectivity index (χ1) is 9.54. The minimum absolute atomic E-state index is 0.221. The highest BCUT2D eigenvalue weighted by Gasteiger charge is 2.12. The molecule has 0 saturated carbocycles. The van der Waals surface area contributed by atoms with E-state index in [2.05, 4.69) is 34.5 Å². The van der Waals surface area contributed by atoms with Gasteiger partial charge in [-0.25, -0.2) is 8.42 Å². The summed E-state index contributed by atoms with van der Waals surface area (Å²) >= 11 is 0. The zero-order valence-corrected chi connectivity index (χ0v) is 13.0. The van der Waals surface area contributed by atoms with E-state index in [-0.39, 0.29) is 5.75 Å². The monoisotopic (exact) mass is 296 g/mol. The van der Waals surface area contributed by atoms with Crippen molar-refractivity contribution in [3.8, 4) is 0 Å². The summed E-state index contributed by atoms with van der Waals surface area (Å²) in [7, 11) is -2.85. The second kappa shape index (κ2) is 7.20.